The molecule has 0 saturated heterocycles. The lowest BCUT2D eigenvalue weighted by atomic mass is 9.86. The molecule has 0 aliphatic rings. The van der Waals surface area contributed by atoms with Gasteiger partial charge >= 0.3 is 11.9 Å². The molecule has 0 aliphatic heterocycles. The van der Waals surface area contributed by atoms with Crippen molar-refractivity contribution in [1.82, 2.24) is 0 Å². The fraction of sp³-hybridized carbons (Fsp3) is 0.500. The molecule has 1 rings (SSSR count). The molecule has 21 heavy (non-hydrogen) atoms. The molecular formula is C16H22O5. The zero-order valence-corrected chi connectivity index (χ0v) is 12.6. The van der Waals surface area contributed by atoms with Gasteiger partial charge in [-0.15, -0.1) is 0 Å². The summed E-state index contributed by atoms with van der Waals surface area (Å²) >= 11 is 0. The van der Waals surface area contributed by atoms with E-state index in [2.05, 4.69) is 20.8 Å². The first kappa shape index (κ1) is 17.2. The van der Waals surface area contributed by atoms with E-state index in [9.17, 15) is 14.7 Å². The van der Waals surface area contributed by atoms with E-state index in [1.807, 2.05) is 24.3 Å². The maximum Gasteiger partial charge on any atom is 0.336 e. The highest BCUT2D eigenvalue weighted by Crippen LogP contribution is 2.24. The van der Waals surface area contributed by atoms with Crippen LogP contribution >= 0.6 is 0 Å². The summed E-state index contributed by atoms with van der Waals surface area (Å²) in [5.74, 6) is -2.83. The first-order chi connectivity index (χ1) is 9.54. The summed E-state index contributed by atoms with van der Waals surface area (Å²) in [6.07, 6.45) is -0.633. The Kier molecular flexibility index (Phi) is 5.12. The standard InChI is InChI=1S/C16H22O5/c1-15(2,3)12-6-4-11(5-7-12)8-9-16(21,14(19)20)10-13(17)18/h4-7,21H,8-10H2,1-3H3,(H,17,18)(H,19,20). The van der Waals surface area contributed by atoms with Crippen LogP contribution in [0.15, 0.2) is 24.3 Å². The van der Waals surface area contributed by atoms with E-state index in [1.54, 1.807) is 0 Å². The zero-order valence-electron chi connectivity index (χ0n) is 12.6. The van der Waals surface area contributed by atoms with Crippen molar-refractivity contribution >= 4 is 11.9 Å². The van der Waals surface area contributed by atoms with Crippen LogP contribution in [0.1, 0.15) is 44.7 Å². The molecule has 1 aromatic rings. The van der Waals surface area contributed by atoms with Gasteiger partial charge in [-0.05, 0) is 29.4 Å². The van der Waals surface area contributed by atoms with E-state index < -0.39 is 24.0 Å². The Hall–Kier alpha value is -1.88. The van der Waals surface area contributed by atoms with Crippen molar-refractivity contribution in [2.24, 2.45) is 0 Å². The average molecular weight is 294 g/mol. The molecular weight excluding hydrogens is 272 g/mol. The molecule has 0 aromatic heterocycles. The number of hydrogen-bond acceptors (Lipinski definition) is 3. The van der Waals surface area contributed by atoms with E-state index in [0.717, 1.165) is 11.1 Å². The molecule has 0 amide bonds. The van der Waals surface area contributed by atoms with Crippen molar-refractivity contribution < 1.29 is 24.9 Å². The molecule has 1 unspecified atom stereocenters. The van der Waals surface area contributed by atoms with Crippen LogP contribution in [0.3, 0.4) is 0 Å². The monoisotopic (exact) mass is 294 g/mol. The predicted molar refractivity (Wildman–Crippen MR) is 78.3 cm³/mol. The molecule has 5 heteroatoms. The fourth-order valence-electron chi connectivity index (χ4n) is 2.04. The molecule has 1 aromatic carbocycles. The van der Waals surface area contributed by atoms with Gasteiger partial charge in [-0.2, -0.15) is 0 Å². The quantitative estimate of drug-likeness (QED) is 0.747. The summed E-state index contributed by atoms with van der Waals surface area (Å²) in [5.41, 5.74) is -0.170. The predicted octanol–water partition coefficient (Wildman–Crippen LogP) is 2.21. The molecule has 0 bridgehead atoms. The van der Waals surface area contributed by atoms with Crippen LogP contribution in [0, 0.1) is 0 Å². The molecule has 1 atom stereocenters. The topological polar surface area (TPSA) is 94.8 Å². The minimum atomic E-state index is -2.23. The first-order valence-corrected chi connectivity index (χ1v) is 6.81. The number of hydrogen-bond donors (Lipinski definition) is 3. The van der Waals surface area contributed by atoms with Crippen LogP contribution in [-0.4, -0.2) is 32.9 Å². The number of benzene rings is 1. The number of carbonyl (C=O) groups is 2. The Morgan fingerprint density at radius 3 is 1.95 bits per heavy atom. The molecule has 0 aliphatic carbocycles. The number of carboxylic acids is 2. The Bertz CT molecular complexity index is 512. The number of aryl methyl sites for hydroxylation is 1. The normalized spacial score (nSPS) is 14.5. The molecule has 3 N–H and O–H groups in total. The smallest absolute Gasteiger partial charge is 0.336 e. The van der Waals surface area contributed by atoms with Gasteiger partial charge in [-0.1, -0.05) is 45.0 Å². The summed E-state index contributed by atoms with van der Waals surface area (Å²) in [4.78, 5) is 21.7. The van der Waals surface area contributed by atoms with E-state index in [-0.39, 0.29) is 11.8 Å². The van der Waals surface area contributed by atoms with Gasteiger partial charge in [0.2, 0.25) is 0 Å². The second-order valence-electron chi connectivity index (χ2n) is 6.35. The van der Waals surface area contributed by atoms with Crippen molar-refractivity contribution in [2.75, 3.05) is 0 Å². The maximum absolute atomic E-state index is 11.1. The maximum atomic E-state index is 11.1. The van der Waals surface area contributed by atoms with Crippen LogP contribution in [0.2, 0.25) is 0 Å². The Morgan fingerprint density at radius 1 is 1.05 bits per heavy atom. The second-order valence-corrected chi connectivity index (χ2v) is 6.35. The molecule has 0 fully saturated rings. The molecule has 116 valence electrons. The Labute approximate surface area is 124 Å². The van der Waals surface area contributed by atoms with Crippen LogP contribution in [0.5, 0.6) is 0 Å². The summed E-state index contributed by atoms with van der Waals surface area (Å²) in [6.45, 7) is 6.29. The van der Waals surface area contributed by atoms with Crippen molar-refractivity contribution in [2.45, 2.75) is 51.0 Å². The van der Waals surface area contributed by atoms with Gasteiger partial charge in [0, 0.05) is 0 Å². The van der Waals surface area contributed by atoms with Crippen LogP contribution in [-0.2, 0) is 21.4 Å². The summed E-state index contributed by atoms with van der Waals surface area (Å²) in [5, 5.41) is 27.6. The van der Waals surface area contributed by atoms with Crippen molar-refractivity contribution in [3.05, 3.63) is 35.4 Å². The molecule has 0 radical (unpaired) electrons. The van der Waals surface area contributed by atoms with Crippen LogP contribution < -0.4 is 0 Å². The van der Waals surface area contributed by atoms with E-state index in [0.29, 0.717) is 6.42 Å². The zero-order chi connectivity index (χ0) is 16.3. The van der Waals surface area contributed by atoms with E-state index >= 15 is 0 Å². The highest BCUT2D eigenvalue weighted by Gasteiger charge is 2.38. The van der Waals surface area contributed by atoms with Crippen molar-refractivity contribution in [3.8, 4) is 0 Å². The molecule has 0 spiro atoms. The minimum Gasteiger partial charge on any atom is -0.481 e. The van der Waals surface area contributed by atoms with E-state index in [4.69, 9.17) is 10.2 Å². The third kappa shape index (κ3) is 4.86. The average Bonchev–Trinajstić information content (AvgIpc) is 2.35. The van der Waals surface area contributed by atoms with Gasteiger partial charge in [-0.3, -0.25) is 4.79 Å². The minimum absolute atomic E-state index is 0.0314. The molecule has 0 saturated carbocycles. The van der Waals surface area contributed by atoms with E-state index in [1.165, 1.54) is 0 Å². The lowest BCUT2D eigenvalue weighted by molar-refractivity contribution is -0.166. The lowest BCUT2D eigenvalue weighted by Gasteiger charge is -2.22. The van der Waals surface area contributed by atoms with Gasteiger partial charge in [0.05, 0.1) is 6.42 Å². The van der Waals surface area contributed by atoms with Crippen molar-refractivity contribution in [3.63, 3.8) is 0 Å². The Balaban J connectivity index is 2.77. The van der Waals surface area contributed by atoms with Gasteiger partial charge in [0.1, 0.15) is 0 Å². The first-order valence-electron chi connectivity index (χ1n) is 6.81. The Morgan fingerprint density at radius 2 is 1.57 bits per heavy atom. The van der Waals surface area contributed by atoms with Gasteiger partial charge in [0.25, 0.3) is 0 Å². The SMILES string of the molecule is CC(C)(C)c1ccc(CCC(O)(CC(=O)O)C(=O)O)cc1. The number of rotatable bonds is 6. The number of carboxylic acid groups (broad SMARTS) is 2. The number of aliphatic carboxylic acids is 2. The largest absolute Gasteiger partial charge is 0.481 e. The second kappa shape index (κ2) is 6.26. The molecule has 5 nitrogen and oxygen atoms in total. The van der Waals surface area contributed by atoms with Gasteiger partial charge in [0.15, 0.2) is 5.60 Å². The van der Waals surface area contributed by atoms with Crippen molar-refractivity contribution in [1.29, 1.82) is 0 Å². The van der Waals surface area contributed by atoms with Crippen LogP contribution in [0.4, 0.5) is 0 Å². The van der Waals surface area contributed by atoms with Gasteiger partial charge in [-0.25, -0.2) is 4.79 Å². The third-order valence-electron chi connectivity index (χ3n) is 3.49. The van der Waals surface area contributed by atoms with Crippen LogP contribution in [0.25, 0.3) is 0 Å². The lowest BCUT2D eigenvalue weighted by Crippen LogP contribution is -2.41. The summed E-state index contributed by atoms with van der Waals surface area (Å²) in [7, 11) is 0. The molecule has 0 heterocycles. The summed E-state index contributed by atoms with van der Waals surface area (Å²) < 4.78 is 0. The van der Waals surface area contributed by atoms with Gasteiger partial charge < -0.3 is 15.3 Å². The third-order valence-corrected chi connectivity index (χ3v) is 3.49. The summed E-state index contributed by atoms with van der Waals surface area (Å²) in [6, 6.07) is 7.69. The highest BCUT2D eigenvalue weighted by molar-refractivity contribution is 5.83. The highest BCUT2D eigenvalue weighted by atomic mass is 16.4. The fourth-order valence-corrected chi connectivity index (χ4v) is 2.04. The number of aliphatic hydroxyl groups is 1.